The maximum atomic E-state index is 9.81. The van der Waals surface area contributed by atoms with Gasteiger partial charge in [0.1, 0.15) is 5.33 Å². The lowest BCUT2D eigenvalue weighted by atomic mass is 9.70. The van der Waals surface area contributed by atoms with E-state index in [1.165, 1.54) is 12.8 Å². The van der Waals surface area contributed by atoms with E-state index in [1.54, 1.807) is 0 Å². The van der Waals surface area contributed by atoms with Gasteiger partial charge in [-0.1, -0.05) is 36.7 Å². The van der Waals surface area contributed by atoms with Crippen molar-refractivity contribution >= 4 is 21.9 Å². The lowest BCUT2D eigenvalue weighted by Gasteiger charge is -2.36. The van der Waals surface area contributed by atoms with Gasteiger partial charge in [0, 0.05) is 0 Å². The van der Waals surface area contributed by atoms with Gasteiger partial charge in [-0.25, -0.2) is 0 Å². The van der Waals surface area contributed by atoms with E-state index in [4.69, 9.17) is 5.11 Å². The highest BCUT2D eigenvalue weighted by molar-refractivity contribution is 9.09. The molecule has 2 N–H and O–H groups in total. The van der Waals surface area contributed by atoms with Crippen LogP contribution >= 0.6 is 15.9 Å². The molecular weight excluding hydrogens is 272 g/mol. The van der Waals surface area contributed by atoms with Gasteiger partial charge in [-0.05, 0) is 36.0 Å². The van der Waals surface area contributed by atoms with Crippen molar-refractivity contribution in [2.24, 2.45) is 16.7 Å². The van der Waals surface area contributed by atoms with Gasteiger partial charge >= 0.3 is 5.97 Å². The smallest absolute Gasteiger partial charge is 0.314 e. The Morgan fingerprint density at radius 1 is 1.44 bits per heavy atom. The summed E-state index contributed by atoms with van der Waals surface area (Å²) in [4.78, 5) is 9.32. The lowest BCUT2D eigenvalue weighted by Crippen LogP contribution is -2.35. The van der Waals surface area contributed by atoms with E-state index >= 15 is 0 Å². The van der Waals surface area contributed by atoms with Crippen LogP contribution in [0.3, 0.4) is 0 Å². The molecule has 2 aliphatic carbocycles. The van der Waals surface area contributed by atoms with E-state index in [1.807, 2.05) is 0 Å². The molecule has 94 valence electrons. The van der Waals surface area contributed by atoms with E-state index in [-0.39, 0.29) is 16.8 Å². The number of aliphatic hydroxyl groups is 1. The van der Waals surface area contributed by atoms with Crippen molar-refractivity contribution in [3.05, 3.63) is 0 Å². The number of aliphatic hydroxyl groups excluding tert-OH is 1. The lowest BCUT2D eigenvalue weighted by molar-refractivity contribution is -0.133. The molecule has 0 saturated heterocycles. The van der Waals surface area contributed by atoms with Crippen LogP contribution < -0.4 is 0 Å². The summed E-state index contributed by atoms with van der Waals surface area (Å²) in [6.45, 7) is 6.90. The van der Waals surface area contributed by atoms with Crippen LogP contribution in [-0.2, 0) is 4.79 Å². The zero-order chi connectivity index (χ0) is 12.6. The summed E-state index contributed by atoms with van der Waals surface area (Å²) in [5.74, 6) is -0.0486. The maximum absolute atomic E-state index is 9.81. The second kappa shape index (κ2) is 4.65. The minimum absolute atomic E-state index is 0.0313. The molecule has 0 spiro atoms. The van der Waals surface area contributed by atoms with Crippen LogP contribution in [-0.4, -0.2) is 27.6 Å². The summed E-state index contributed by atoms with van der Waals surface area (Å²) in [5.41, 5.74) is 0.601. The van der Waals surface area contributed by atoms with Crippen molar-refractivity contribution < 1.29 is 15.0 Å². The van der Waals surface area contributed by atoms with Crippen molar-refractivity contribution in [2.75, 3.05) is 5.33 Å². The summed E-state index contributed by atoms with van der Waals surface area (Å²) >= 11 is 2.71. The average Bonchev–Trinajstić information content (AvgIpc) is 2.51. The molecule has 0 aliphatic heterocycles. The third-order valence-corrected chi connectivity index (χ3v) is 5.34. The summed E-state index contributed by atoms with van der Waals surface area (Å²) < 4.78 is 0. The number of hydrogen-bond acceptors (Lipinski definition) is 2. The number of carboxylic acid groups (broad SMARTS) is 1. The van der Waals surface area contributed by atoms with Crippen molar-refractivity contribution in [1.82, 2.24) is 0 Å². The normalized spacial score (nSPS) is 39.1. The van der Waals surface area contributed by atoms with Crippen molar-refractivity contribution in [3.8, 4) is 0 Å². The van der Waals surface area contributed by atoms with Crippen LogP contribution in [0.2, 0.25) is 0 Å². The molecule has 16 heavy (non-hydrogen) atoms. The summed E-state index contributed by atoms with van der Waals surface area (Å²) in [7, 11) is 0. The van der Waals surface area contributed by atoms with E-state index in [9.17, 15) is 9.90 Å². The van der Waals surface area contributed by atoms with E-state index in [0.717, 1.165) is 12.3 Å². The second-order valence-electron chi connectivity index (χ2n) is 5.65. The predicted molar refractivity (Wildman–Crippen MR) is 66.7 cm³/mol. The van der Waals surface area contributed by atoms with Crippen LogP contribution in [0.5, 0.6) is 0 Å². The number of halogens is 1. The summed E-state index contributed by atoms with van der Waals surface area (Å²) in [5, 5.41) is 17.5. The Morgan fingerprint density at radius 3 is 2.06 bits per heavy atom. The Kier molecular flexibility index (Phi) is 4.06. The van der Waals surface area contributed by atoms with Crippen molar-refractivity contribution in [3.63, 3.8) is 0 Å². The fourth-order valence-electron chi connectivity index (χ4n) is 3.16. The van der Waals surface area contributed by atoms with E-state index in [0.29, 0.717) is 5.41 Å². The first kappa shape index (κ1) is 14.0. The van der Waals surface area contributed by atoms with Gasteiger partial charge in [-0.3, -0.25) is 4.79 Å². The molecule has 0 aromatic rings. The first-order valence-electron chi connectivity index (χ1n) is 5.71. The molecule has 0 radical (unpaired) electrons. The highest BCUT2D eigenvalue weighted by atomic mass is 79.9. The van der Waals surface area contributed by atoms with Gasteiger partial charge in [-0.2, -0.15) is 0 Å². The third kappa shape index (κ3) is 2.14. The molecule has 3 nitrogen and oxygen atoms in total. The average molecular weight is 293 g/mol. The van der Waals surface area contributed by atoms with Gasteiger partial charge in [-0.15, -0.1) is 0 Å². The van der Waals surface area contributed by atoms with Gasteiger partial charge in [0.2, 0.25) is 0 Å². The molecule has 0 amide bonds. The Morgan fingerprint density at radius 2 is 1.94 bits per heavy atom. The van der Waals surface area contributed by atoms with Crippen molar-refractivity contribution in [2.45, 2.75) is 46.1 Å². The molecule has 0 aromatic heterocycles. The monoisotopic (exact) mass is 292 g/mol. The number of carboxylic acids is 1. The first-order chi connectivity index (χ1) is 7.25. The number of aliphatic carboxylic acids is 1. The van der Waals surface area contributed by atoms with Crippen LogP contribution in [0.4, 0.5) is 0 Å². The molecule has 2 rings (SSSR count). The fourth-order valence-corrected chi connectivity index (χ4v) is 3.16. The van der Waals surface area contributed by atoms with Crippen LogP contribution in [0.15, 0.2) is 0 Å². The molecule has 0 aromatic carbocycles. The van der Waals surface area contributed by atoms with Crippen LogP contribution in [0.25, 0.3) is 0 Å². The van der Waals surface area contributed by atoms with Gasteiger partial charge < -0.3 is 10.2 Å². The number of hydrogen-bond donors (Lipinski definition) is 2. The maximum Gasteiger partial charge on any atom is 0.314 e. The first-order valence-corrected chi connectivity index (χ1v) is 6.83. The minimum Gasteiger partial charge on any atom is -0.481 e. The summed E-state index contributed by atoms with van der Waals surface area (Å²) in [6.07, 6.45) is 3.58. The van der Waals surface area contributed by atoms with Crippen molar-refractivity contribution in [1.29, 1.82) is 0 Å². The molecule has 0 unspecified atom stereocenters. The molecular formula is C12H21BrO3. The highest BCUT2D eigenvalue weighted by Crippen LogP contribution is 2.65. The fraction of sp³-hybridized carbons (Fsp3) is 0.917. The molecule has 2 saturated carbocycles. The number of alkyl halides is 1. The largest absolute Gasteiger partial charge is 0.481 e. The Hall–Kier alpha value is -0.0900. The van der Waals surface area contributed by atoms with Gasteiger partial charge in [0.05, 0.1) is 6.10 Å². The number of fused-ring (bicyclic) bond motifs is 2. The van der Waals surface area contributed by atoms with Gasteiger partial charge in [0.25, 0.3) is 0 Å². The SMILES string of the molecule is CC1(C)[C@@H]2CC[C@]1(C)[C@@H](O)C2.O=C(O)CBr. The molecule has 2 aliphatic rings. The summed E-state index contributed by atoms with van der Waals surface area (Å²) in [6, 6.07) is 0. The van der Waals surface area contributed by atoms with E-state index in [2.05, 4.69) is 36.7 Å². The minimum atomic E-state index is -0.829. The van der Waals surface area contributed by atoms with Gasteiger partial charge in [0.15, 0.2) is 0 Å². The molecule has 2 fully saturated rings. The zero-order valence-corrected chi connectivity index (χ0v) is 11.7. The molecule has 3 atom stereocenters. The topological polar surface area (TPSA) is 57.5 Å². The molecule has 2 bridgehead atoms. The van der Waals surface area contributed by atoms with Crippen LogP contribution in [0.1, 0.15) is 40.0 Å². The third-order valence-electron chi connectivity index (χ3n) is 4.86. The second-order valence-corrected chi connectivity index (χ2v) is 6.21. The zero-order valence-electron chi connectivity index (χ0n) is 10.2. The Labute approximate surface area is 105 Å². The quantitative estimate of drug-likeness (QED) is 0.731. The van der Waals surface area contributed by atoms with Crippen LogP contribution in [0, 0.1) is 16.7 Å². The standard InChI is InChI=1S/C10H18O.C2H3BrO2/c1-9(2)7-4-5-10(9,3)8(11)6-7;3-1-2(4)5/h7-8,11H,4-6H2,1-3H3;1H2,(H,4,5)/t7-,8+,10-;/m1./s1. The highest BCUT2D eigenvalue weighted by Gasteiger charge is 2.60. The van der Waals surface area contributed by atoms with E-state index < -0.39 is 5.97 Å². The number of rotatable bonds is 1. The molecule has 0 heterocycles. The number of carbonyl (C=O) groups is 1. The Bertz CT molecular complexity index is 277. The predicted octanol–water partition coefficient (Wildman–Crippen LogP) is 2.66. The Balaban J connectivity index is 0.000000221. The molecule has 4 heteroatoms.